The summed E-state index contributed by atoms with van der Waals surface area (Å²) in [6.45, 7) is 11.1. The molecule has 0 aliphatic rings. The van der Waals surface area contributed by atoms with Crippen molar-refractivity contribution < 1.29 is 13.9 Å². The van der Waals surface area contributed by atoms with Gasteiger partial charge >= 0.3 is 0 Å². The average molecular weight is 372 g/mol. The van der Waals surface area contributed by atoms with E-state index in [2.05, 4.69) is 17.4 Å². The minimum absolute atomic E-state index is 0.0686. The van der Waals surface area contributed by atoms with E-state index in [1.165, 1.54) is 18.7 Å². The first-order chi connectivity index (χ1) is 12.8. The third kappa shape index (κ3) is 5.07. The van der Waals surface area contributed by atoms with E-state index in [-0.39, 0.29) is 17.7 Å². The van der Waals surface area contributed by atoms with Crippen LogP contribution in [0.25, 0.3) is 0 Å². The Balaban J connectivity index is 2.13. The monoisotopic (exact) mass is 372 g/mol. The van der Waals surface area contributed by atoms with Gasteiger partial charge in [0.05, 0.1) is 13.2 Å². The lowest BCUT2D eigenvalue weighted by molar-refractivity contribution is -0.120. The molecule has 0 spiro atoms. The second kappa shape index (κ2) is 9.00. The van der Waals surface area contributed by atoms with E-state index in [1.54, 1.807) is 6.07 Å². The number of aryl methyl sites for hydroxylation is 3. The predicted octanol–water partition coefficient (Wildman–Crippen LogP) is 4.61. The summed E-state index contributed by atoms with van der Waals surface area (Å²) in [7, 11) is 1.44. The number of methoxy groups -OCH3 is 1. The van der Waals surface area contributed by atoms with Gasteiger partial charge < -0.3 is 10.1 Å². The summed E-state index contributed by atoms with van der Waals surface area (Å²) in [5, 5.41) is 3.06. The molecule has 27 heavy (non-hydrogen) atoms. The van der Waals surface area contributed by atoms with E-state index in [1.807, 2.05) is 45.6 Å². The second-order valence-electron chi connectivity index (χ2n) is 6.97. The number of ether oxygens (including phenoxy) is 1. The van der Waals surface area contributed by atoms with Gasteiger partial charge in [0.1, 0.15) is 0 Å². The molecule has 5 heteroatoms. The second-order valence-corrected chi connectivity index (χ2v) is 6.97. The number of halogens is 1. The maximum atomic E-state index is 14.0. The molecule has 0 bridgehead atoms. The van der Waals surface area contributed by atoms with Crippen molar-refractivity contribution in [2.75, 3.05) is 19.0 Å². The standard InChI is InChI=1S/C22H29FN2O2/c1-7-25(13-18-8-9-20(27-6)19(23)12-18)17(5)22(26)24-21-15(3)10-14(2)11-16(21)4/h8-12,17H,7,13H2,1-6H3,(H,24,26)/t17-/m0/s1. The lowest BCUT2D eigenvalue weighted by atomic mass is 10.0. The summed E-state index contributed by atoms with van der Waals surface area (Å²) >= 11 is 0. The molecule has 2 rings (SSSR count). The number of nitrogens with zero attached hydrogens (tertiary/aromatic N) is 1. The molecule has 1 amide bonds. The van der Waals surface area contributed by atoms with Gasteiger partial charge in [0.2, 0.25) is 5.91 Å². The van der Waals surface area contributed by atoms with Crippen molar-refractivity contribution in [2.45, 2.75) is 47.2 Å². The number of hydrogen-bond acceptors (Lipinski definition) is 3. The van der Waals surface area contributed by atoms with Gasteiger partial charge in [-0.05, 0) is 63.1 Å². The van der Waals surface area contributed by atoms with Crippen molar-refractivity contribution in [1.82, 2.24) is 4.90 Å². The number of anilines is 1. The van der Waals surface area contributed by atoms with Crippen LogP contribution in [0, 0.1) is 26.6 Å². The Morgan fingerprint density at radius 1 is 1.19 bits per heavy atom. The number of likely N-dealkylation sites (N-methyl/N-ethyl adjacent to an activating group) is 1. The molecule has 1 N–H and O–H groups in total. The van der Waals surface area contributed by atoms with Crippen molar-refractivity contribution in [1.29, 1.82) is 0 Å². The lowest BCUT2D eigenvalue weighted by Gasteiger charge is -2.27. The summed E-state index contributed by atoms with van der Waals surface area (Å²) in [6.07, 6.45) is 0. The summed E-state index contributed by atoms with van der Waals surface area (Å²) in [4.78, 5) is 14.8. The molecule has 0 unspecified atom stereocenters. The Morgan fingerprint density at radius 3 is 2.33 bits per heavy atom. The largest absolute Gasteiger partial charge is 0.494 e. The fraction of sp³-hybridized carbons (Fsp3) is 0.409. The lowest BCUT2D eigenvalue weighted by Crippen LogP contribution is -2.41. The van der Waals surface area contributed by atoms with Gasteiger partial charge in [0.15, 0.2) is 11.6 Å². The van der Waals surface area contributed by atoms with Gasteiger partial charge in [-0.2, -0.15) is 0 Å². The zero-order chi connectivity index (χ0) is 20.1. The molecule has 0 aromatic heterocycles. The van der Waals surface area contributed by atoms with E-state index >= 15 is 0 Å². The van der Waals surface area contributed by atoms with Gasteiger partial charge in [-0.3, -0.25) is 9.69 Å². The Morgan fingerprint density at radius 2 is 1.81 bits per heavy atom. The number of carbonyl (C=O) groups excluding carboxylic acids is 1. The van der Waals surface area contributed by atoms with E-state index in [9.17, 15) is 9.18 Å². The van der Waals surface area contributed by atoms with Crippen LogP contribution in [0.1, 0.15) is 36.1 Å². The number of benzene rings is 2. The van der Waals surface area contributed by atoms with Crippen molar-refractivity contribution in [3.63, 3.8) is 0 Å². The Bertz CT molecular complexity index is 797. The Kier molecular flexibility index (Phi) is 6.97. The number of carbonyl (C=O) groups is 1. The smallest absolute Gasteiger partial charge is 0.241 e. The van der Waals surface area contributed by atoms with E-state index in [0.717, 1.165) is 22.4 Å². The highest BCUT2D eigenvalue weighted by atomic mass is 19.1. The zero-order valence-corrected chi connectivity index (χ0v) is 17.0. The molecule has 4 nitrogen and oxygen atoms in total. The average Bonchev–Trinajstić information content (AvgIpc) is 2.62. The first-order valence-electron chi connectivity index (χ1n) is 9.22. The van der Waals surface area contributed by atoms with Gasteiger partial charge in [-0.1, -0.05) is 30.7 Å². The molecule has 2 aromatic rings. The normalized spacial score (nSPS) is 12.1. The Hall–Kier alpha value is -2.40. The fourth-order valence-electron chi connectivity index (χ4n) is 3.34. The van der Waals surface area contributed by atoms with Gasteiger partial charge in [0.25, 0.3) is 0 Å². The van der Waals surface area contributed by atoms with Crippen LogP contribution in [-0.2, 0) is 11.3 Å². The van der Waals surface area contributed by atoms with Crippen molar-refractivity contribution in [3.05, 3.63) is 58.4 Å². The third-order valence-electron chi connectivity index (χ3n) is 4.86. The Labute approximate surface area is 161 Å². The molecular formula is C22H29FN2O2. The van der Waals surface area contributed by atoms with Crippen molar-refractivity contribution >= 4 is 11.6 Å². The van der Waals surface area contributed by atoms with Crippen molar-refractivity contribution in [2.24, 2.45) is 0 Å². The van der Waals surface area contributed by atoms with Crippen LogP contribution in [0.3, 0.4) is 0 Å². The summed E-state index contributed by atoms with van der Waals surface area (Å²) in [5.74, 6) is -0.243. The molecule has 1 atom stereocenters. The fourth-order valence-corrected chi connectivity index (χ4v) is 3.34. The molecule has 0 saturated carbocycles. The minimum atomic E-state index is -0.394. The number of amides is 1. The first-order valence-corrected chi connectivity index (χ1v) is 9.22. The van der Waals surface area contributed by atoms with Gasteiger partial charge in [-0.15, -0.1) is 0 Å². The SMILES string of the molecule is CCN(Cc1ccc(OC)c(F)c1)[C@@H](C)C(=O)Nc1c(C)cc(C)cc1C. The van der Waals surface area contributed by atoms with Crippen LogP contribution >= 0.6 is 0 Å². The molecule has 2 aromatic carbocycles. The number of rotatable bonds is 7. The number of hydrogen-bond donors (Lipinski definition) is 1. The molecule has 146 valence electrons. The highest BCUT2D eigenvalue weighted by Crippen LogP contribution is 2.23. The maximum absolute atomic E-state index is 14.0. The van der Waals surface area contributed by atoms with E-state index in [4.69, 9.17) is 4.74 Å². The molecule has 0 aliphatic heterocycles. The molecule has 0 aliphatic carbocycles. The van der Waals surface area contributed by atoms with Crippen LogP contribution in [0.4, 0.5) is 10.1 Å². The highest BCUT2D eigenvalue weighted by Gasteiger charge is 2.22. The molecule has 0 fully saturated rings. The predicted molar refractivity (Wildman–Crippen MR) is 108 cm³/mol. The molecule has 0 saturated heterocycles. The summed E-state index contributed by atoms with van der Waals surface area (Å²) < 4.78 is 18.9. The minimum Gasteiger partial charge on any atom is -0.494 e. The van der Waals surface area contributed by atoms with Crippen LogP contribution in [0.5, 0.6) is 5.75 Å². The third-order valence-corrected chi connectivity index (χ3v) is 4.86. The summed E-state index contributed by atoms with van der Waals surface area (Å²) in [6, 6.07) is 8.67. The molecule has 0 heterocycles. The van der Waals surface area contributed by atoms with Crippen LogP contribution in [-0.4, -0.2) is 30.5 Å². The van der Waals surface area contributed by atoms with Gasteiger partial charge in [0, 0.05) is 12.2 Å². The quantitative estimate of drug-likeness (QED) is 0.772. The van der Waals surface area contributed by atoms with E-state index in [0.29, 0.717) is 13.1 Å². The zero-order valence-electron chi connectivity index (χ0n) is 17.0. The van der Waals surface area contributed by atoms with Crippen LogP contribution in [0.15, 0.2) is 30.3 Å². The van der Waals surface area contributed by atoms with E-state index < -0.39 is 5.82 Å². The highest BCUT2D eigenvalue weighted by molar-refractivity contribution is 5.96. The van der Waals surface area contributed by atoms with Crippen LogP contribution in [0.2, 0.25) is 0 Å². The summed E-state index contributed by atoms with van der Waals surface area (Å²) in [5.41, 5.74) is 4.94. The van der Waals surface area contributed by atoms with Gasteiger partial charge in [-0.25, -0.2) is 4.39 Å². The topological polar surface area (TPSA) is 41.6 Å². The van der Waals surface area contributed by atoms with Crippen molar-refractivity contribution in [3.8, 4) is 5.75 Å². The number of nitrogens with one attached hydrogen (secondary N) is 1. The molecule has 0 radical (unpaired) electrons. The van der Waals surface area contributed by atoms with Crippen LogP contribution < -0.4 is 10.1 Å². The maximum Gasteiger partial charge on any atom is 0.241 e. The molecular weight excluding hydrogens is 343 g/mol. The first kappa shape index (κ1) is 20.9.